The maximum Gasteiger partial charge on any atom is 0.308 e. The summed E-state index contributed by atoms with van der Waals surface area (Å²) >= 11 is 0. The Balaban J connectivity index is 2.05. The number of benzene rings is 1. The zero-order chi connectivity index (χ0) is 14.7. The molecule has 6 heteroatoms. The number of methoxy groups -OCH3 is 1. The van der Waals surface area contributed by atoms with Gasteiger partial charge in [0.1, 0.15) is 5.82 Å². The lowest BCUT2D eigenvalue weighted by Gasteiger charge is -2.31. The summed E-state index contributed by atoms with van der Waals surface area (Å²) in [6, 6.07) is 4.18. The van der Waals surface area contributed by atoms with E-state index >= 15 is 0 Å². The van der Waals surface area contributed by atoms with Gasteiger partial charge in [-0.25, -0.2) is 4.39 Å². The van der Waals surface area contributed by atoms with Gasteiger partial charge in [-0.1, -0.05) is 6.07 Å². The minimum Gasteiger partial charge on any atom is -0.469 e. The van der Waals surface area contributed by atoms with Crippen LogP contribution in [0.5, 0.6) is 0 Å². The first-order chi connectivity index (χ1) is 9.54. The zero-order valence-corrected chi connectivity index (χ0v) is 11.3. The summed E-state index contributed by atoms with van der Waals surface area (Å²) in [5, 5.41) is 0. The zero-order valence-electron chi connectivity index (χ0n) is 11.3. The number of rotatable bonds is 2. The molecule has 1 aliphatic rings. The molecule has 1 aromatic carbocycles. The summed E-state index contributed by atoms with van der Waals surface area (Å²) in [6.45, 7) is 0.878. The third kappa shape index (κ3) is 2.74. The van der Waals surface area contributed by atoms with E-state index in [4.69, 9.17) is 10.5 Å². The van der Waals surface area contributed by atoms with Crippen LogP contribution in [0.4, 0.5) is 10.1 Å². The molecule has 20 heavy (non-hydrogen) atoms. The third-order valence-electron chi connectivity index (χ3n) is 3.60. The first-order valence-electron chi connectivity index (χ1n) is 6.45. The molecule has 5 nitrogen and oxygen atoms in total. The van der Waals surface area contributed by atoms with E-state index in [2.05, 4.69) is 0 Å². The molecule has 0 radical (unpaired) electrons. The van der Waals surface area contributed by atoms with E-state index in [1.165, 1.54) is 25.3 Å². The van der Waals surface area contributed by atoms with Gasteiger partial charge >= 0.3 is 5.97 Å². The highest BCUT2D eigenvalue weighted by atomic mass is 19.1. The Morgan fingerprint density at radius 2 is 2.00 bits per heavy atom. The molecule has 1 amide bonds. The lowest BCUT2D eigenvalue weighted by Crippen LogP contribution is -2.40. The number of nitrogens with zero attached hydrogens (tertiary/aromatic N) is 1. The van der Waals surface area contributed by atoms with Crippen molar-refractivity contribution >= 4 is 17.6 Å². The highest BCUT2D eigenvalue weighted by Gasteiger charge is 2.29. The molecule has 0 unspecified atom stereocenters. The number of halogens is 1. The number of ether oxygens (including phenoxy) is 1. The molecule has 1 fully saturated rings. The maximum atomic E-state index is 13.4. The summed E-state index contributed by atoms with van der Waals surface area (Å²) in [4.78, 5) is 25.3. The van der Waals surface area contributed by atoms with Gasteiger partial charge in [0.05, 0.1) is 24.3 Å². The number of anilines is 1. The SMILES string of the molecule is COC(=O)C1CCN(C(=O)c2cccc(F)c2N)CC1. The van der Waals surface area contributed by atoms with Crippen LogP contribution in [0.15, 0.2) is 18.2 Å². The Bertz CT molecular complexity index is 525. The van der Waals surface area contributed by atoms with E-state index in [0.29, 0.717) is 25.9 Å². The van der Waals surface area contributed by atoms with Crippen LogP contribution >= 0.6 is 0 Å². The standard InChI is InChI=1S/C14H17FN2O3/c1-20-14(19)9-5-7-17(8-6-9)13(18)10-3-2-4-11(15)12(10)16/h2-4,9H,5-8,16H2,1H3. The fraction of sp³-hybridized carbons (Fsp3) is 0.429. The summed E-state index contributed by atoms with van der Waals surface area (Å²) in [7, 11) is 1.35. The second kappa shape index (κ2) is 5.90. The number of likely N-dealkylation sites (tertiary alicyclic amines) is 1. The minimum absolute atomic E-state index is 0.132. The van der Waals surface area contributed by atoms with E-state index < -0.39 is 5.82 Å². The van der Waals surface area contributed by atoms with Gasteiger partial charge in [-0.15, -0.1) is 0 Å². The number of amides is 1. The molecule has 1 saturated heterocycles. The predicted octanol–water partition coefficient (Wildman–Crippen LogP) is 1.43. The minimum atomic E-state index is -0.597. The van der Waals surface area contributed by atoms with E-state index in [-0.39, 0.29) is 29.0 Å². The Morgan fingerprint density at radius 3 is 2.60 bits per heavy atom. The van der Waals surface area contributed by atoms with Crippen LogP contribution in [0.2, 0.25) is 0 Å². The van der Waals surface area contributed by atoms with Gasteiger partial charge in [0.15, 0.2) is 0 Å². The summed E-state index contributed by atoms with van der Waals surface area (Å²) in [6.07, 6.45) is 1.10. The second-order valence-corrected chi connectivity index (χ2v) is 4.79. The van der Waals surface area contributed by atoms with Crippen LogP contribution in [0.3, 0.4) is 0 Å². The molecule has 0 saturated carbocycles. The van der Waals surface area contributed by atoms with E-state index in [0.717, 1.165) is 0 Å². The van der Waals surface area contributed by atoms with Crippen molar-refractivity contribution in [1.82, 2.24) is 4.90 Å². The van der Waals surface area contributed by atoms with Gasteiger partial charge in [0, 0.05) is 13.1 Å². The molecular weight excluding hydrogens is 263 g/mol. The highest BCUT2D eigenvalue weighted by Crippen LogP contribution is 2.23. The molecular formula is C14H17FN2O3. The van der Waals surface area contributed by atoms with Crippen LogP contribution in [0, 0.1) is 11.7 Å². The summed E-state index contributed by atoms with van der Waals surface area (Å²) in [5.41, 5.74) is 5.63. The van der Waals surface area contributed by atoms with E-state index in [1.807, 2.05) is 0 Å². The maximum absolute atomic E-state index is 13.4. The number of carbonyl (C=O) groups is 2. The quantitative estimate of drug-likeness (QED) is 0.657. The molecule has 0 spiro atoms. The number of piperidine rings is 1. The third-order valence-corrected chi connectivity index (χ3v) is 3.60. The molecule has 1 aromatic rings. The average molecular weight is 280 g/mol. The van der Waals surface area contributed by atoms with E-state index in [1.54, 1.807) is 4.90 Å². The smallest absolute Gasteiger partial charge is 0.308 e. The second-order valence-electron chi connectivity index (χ2n) is 4.79. The van der Waals surface area contributed by atoms with Crippen molar-refractivity contribution in [3.05, 3.63) is 29.6 Å². The van der Waals surface area contributed by atoms with Crippen LogP contribution in [0.25, 0.3) is 0 Å². The molecule has 2 N–H and O–H groups in total. The number of hydrogen-bond acceptors (Lipinski definition) is 4. The van der Waals surface area contributed by atoms with Gasteiger partial charge in [0.2, 0.25) is 0 Å². The van der Waals surface area contributed by atoms with Crippen molar-refractivity contribution in [3.8, 4) is 0 Å². The summed E-state index contributed by atoms with van der Waals surface area (Å²) in [5.74, 6) is -1.32. The molecule has 0 bridgehead atoms. The molecule has 2 rings (SSSR count). The van der Waals surface area contributed by atoms with Crippen molar-refractivity contribution in [2.75, 3.05) is 25.9 Å². The van der Waals surface area contributed by atoms with Crippen LogP contribution in [-0.4, -0.2) is 37.0 Å². The number of nitrogen functional groups attached to an aromatic ring is 1. The van der Waals surface area contributed by atoms with Crippen molar-refractivity contribution in [1.29, 1.82) is 0 Å². The molecule has 1 heterocycles. The van der Waals surface area contributed by atoms with E-state index in [9.17, 15) is 14.0 Å². The fourth-order valence-corrected chi connectivity index (χ4v) is 2.38. The van der Waals surface area contributed by atoms with Crippen molar-refractivity contribution in [2.45, 2.75) is 12.8 Å². The Hall–Kier alpha value is -2.11. The number of para-hydroxylation sites is 1. The Kier molecular flexibility index (Phi) is 4.22. The fourth-order valence-electron chi connectivity index (χ4n) is 2.38. The van der Waals surface area contributed by atoms with Gasteiger partial charge in [-0.3, -0.25) is 9.59 Å². The lowest BCUT2D eigenvalue weighted by atomic mass is 9.96. The van der Waals surface area contributed by atoms with Gasteiger partial charge in [0.25, 0.3) is 5.91 Å². The molecule has 0 aromatic heterocycles. The normalized spacial score (nSPS) is 16.0. The predicted molar refractivity (Wildman–Crippen MR) is 71.5 cm³/mol. The first kappa shape index (κ1) is 14.3. The number of nitrogens with two attached hydrogens (primary N) is 1. The molecule has 0 atom stereocenters. The van der Waals surface area contributed by atoms with Gasteiger partial charge < -0.3 is 15.4 Å². The van der Waals surface area contributed by atoms with Crippen LogP contribution < -0.4 is 5.73 Å². The van der Waals surface area contributed by atoms with Crippen molar-refractivity contribution < 1.29 is 18.7 Å². The van der Waals surface area contributed by atoms with Gasteiger partial charge in [-0.05, 0) is 25.0 Å². The number of carbonyl (C=O) groups excluding carboxylic acids is 2. The lowest BCUT2D eigenvalue weighted by molar-refractivity contribution is -0.146. The highest BCUT2D eigenvalue weighted by molar-refractivity contribution is 5.99. The number of hydrogen-bond donors (Lipinski definition) is 1. The molecule has 0 aliphatic carbocycles. The Labute approximate surface area is 116 Å². The van der Waals surface area contributed by atoms with Crippen molar-refractivity contribution in [2.24, 2.45) is 5.92 Å². The number of esters is 1. The van der Waals surface area contributed by atoms with Gasteiger partial charge in [-0.2, -0.15) is 0 Å². The Morgan fingerprint density at radius 1 is 1.35 bits per heavy atom. The first-order valence-corrected chi connectivity index (χ1v) is 6.45. The van der Waals surface area contributed by atoms with Crippen molar-refractivity contribution in [3.63, 3.8) is 0 Å². The topological polar surface area (TPSA) is 72.6 Å². The molecule has 108 valence electrons. The van der Waals surface area contributed by atoms with Crippen LogP contribution in [-0.2, 0) is 9.53 Å². The van der Waals surface area contributed by atoms with Crippen LogP contribution in [0.1, 0.15) is 23.2 Å². The largest absolute Gasteiger partial charge is 0.469 e. The summed E-state index contributed by atoms with van der Waals surface area (Å²) < 4.78 is 18.1. The monoisotopic (exact) mass is 280 g/mol. The average Bonchev–Trinajstić information content (AvgIpc) is 2.48. The molecule has 1 aliphatic heterocycles.